The lowest BCUT2D eigenvalue weighted by Crippen LogP contribution is -2.08. The molecule has 0 saturated carbocycles. The van der Waals surface area contributed by atoms with Crippen LogP contribution in [-0.2, 0) is 0 Å². The zero-order valence-electron chi connectivity index (χ0n) is 9.00. The third-order valence-electron chi connectivity index (χ3n) is 2.21. The van der Waals surface area contributed by atoms with Crippen molar-refractivity contribution < 1.29 is 14.3 Å². The Hall–Kier alpha value is -2.42. The number of hydrogen-bond donors (Lipinski definition) is 0. The van der Waals surface area contributed by atoms with Gasteiger partial charge in [0, 0.05) is 5.56 Å². The predicted molar refractivity (Wildman–Crippen MR) is 63.2 cm³/mol. The van der Waals surface area contributed by atoms with Crippen molar-refractivity contribution in [3.05, 3.63) is 65.7 Å². The molecular formula is C14H10O3. The van der Waals surface area contributed by atoms with Crippen LogP contribution in [-0.4, -0.2) is 12.3 Å². The van der Waals surface area contributed by atoms with E-state index >= 15 is 0 Å². The number of para-hydroxylation sites is 1. The molecule has 0 amide bonds. The molecule has 0 radical (unpaired) electrons. The van der Waals surface area contributed by atoms with Gasteiger partial charge in [0.2, 0.25) is 0 Å². The highest BCUT2D eigenvalue weighted by atomic mass is 16.5. The normalized spacial score (nSPS) is 9.65. The second-order valence-electron chi connectivity index (χ2n) is 3.45. The largest absolute Gasteiger partial charge is 0.423 e. The van der Waals surface area contributed by atoms with E-state index < -0.39 is 5.97 Å². The molecule has 0 spiro atoms. The van der Waals surface area contributed by atoms with E-state index in [2.05, 4.69) is 0 Å². The lowest BCUT2D eigenvalue weighted by Gasteiger charge is -2.03. The molecule has 2 rings (SSSR count). The van der Waals surface area contributed by atoms with Crippen LogP contribution in [0, 0.1) is 0 Å². The molecule has 3 heteroatoms. The number of carbonyl (C=O) groups excluding carboxylic acids is 2. The van der Waals surface area contributed by atoms with Crippen LogP contribution in [0.5, 0.6) is 5.75 Å². The van der Waals surface area contributed by atoms with Crippen molar-refractivity contribution in [1.82, 2.24) is 0 Å². The van der Waals surface area contributed by atoms with Crippen LogP contribution >= 0.6 is 0 Å². The first-order valence-electron chi connectivity index (χ1n) is 5.12. The minimum Gasteiger partial charge on any atom is -0.423 e. The SMILES string of the molecule is O=Cc1cccc(C(=O)Oc2ccccc2)c1. The van der Waals surface area contributed by atoms with Gasteiger partial charge in [0.1, 0.15) is 12.0 Å². The first-order valence-corrected chi connectivity index (χ1v) is 5.12. The van der Waals surface area contributed by atoms with Gasteiger partial charge in [0.15, 0.2) is 0 Å². The summed E-state index contributed by atoms with van der Waals surface area (Å²) >= 11 is 0. The van der Waals surface area contributed by atoms with Gasteiger partial charge in [-0.15, -0.1) is 0 Å². The van der Waals surface area contributed by atoms with Gasteiger partial charge in [-0.1, -0.05) is 30.3 Å². The lowest BCUT2D eigenvalue weighted by molar-refractivity contribution is 0.0735. The molecule has 0 heterocycles. The number of aldehydes is 1. The molecule has 0 aliphatic carbocycles. The predicted octanol–water partition coefficient (Wildman–Crippen LogP) is 2.72. The van der Waals surface area contributed by atoms with Gasteiger partial charge in [0.25, 0.3) is 0 Å². The first-order chi connectivity index (χ1) is 8.29. The fourth-order valence-electron chi connectivity index (χ4n) is 1.39. The first kappa shape index (κ1) is 11.1. The van der Waals surface area contributed by atoms with Gasteiger partial charge in [-0.05, 0) is 24.3 Å². The Balaban J connectivity index is 2.17. The summed E-state index contributed by atoms with van der Waals surface area (Å²) in [6, 6.07) is 15.2. The second kappa shape index (κ2) is 5.07. The van der Waals surface area contributed by atoms with Crippen LogP contribution in [0.1, 0.15) is 20.7 Å². The van der Waals surface area contributed by atoms with E-state index in [4.69, 9.17) is 4.74 Å². The van der Waals surface area contributed by atoms with Gasteiger partial charge in [-0.2, -0.15) is 0 Å². The van der Waals surface area contributed by atoms with Gasteiger partial charge in [-0.25, -0.2) is 4.79 Å². The summed E-state index contributed by atoms with van der Waals surface area (Å²) in [5.74, 6) is 0.00825. The number of carbonyl (C=O) groups is 2. The van der Waals surface area contributed by atoms with Crippen molar-refractivity contribution in [3.8, 4) is 5.75 Å². The van der Waals surface area contributed by atoms with Crippen LogP contribution in [0.25, 0.3) is 0 Å². The number of ether oxygens (including phenoxy) is 1. The van der Waals surface area contributed by atoms with Crippen molar-refractivity contribution in [1.29, 1.82) is 0 Å². The van der Waals surface area contributed by atoms with Gasteiger partial charge in [0.05, 0.1) is 5.56 Å². The van der Waals surface area contributed by atoms with Crippen LogP contribution in [0.2, 0.25) is 0 Å². The van der Waals surface area contributed by atoms with E-state index in [1.54, 1.807) is 42.5 Å². The zero-order valence-corrected chi connectivity index (χ0v) is 9.00. The molecule has 0 N–H and O–H groups in total. The molecule has 0 aromatic heterocycles. The Morgan fingerprint density at radius 3 is 2.47 bits per heavy atom. The number of hydrogen-bond acceptors (Lipinski definition) is 3. The minimum absolute atomic E-state index is 0.360. The van der Waals surface area contributed by atoms with Crippen LogP contribution in [0.3, 0.4) is 0 Å². The van der Waals surface area contributed by atoms with Crippen molar-refractivity contribution in [3.63, 3.8) is 0 Å². The number of esters is 1. The Bertz CT molecular complexity index is 532. The second-order valence-corrected chi connectivity index (χ2v) is 3.45. The quantitative estimate of drug-likeness (QED) is 0.459. The Morgan fingerprint density at radius 2 is 1.76 bits per heavy atom. The van der Waals surface area contributed by atoms with Crippen LogP contribution in [0.4, 0.5) is 0 Å². The minimum atomic E-state index is -0.472. The molecule has 3 nitrogen and oxygen atoms in total. The van der Waals surface area contributed by atoms with E-state index in [0.717, 1.165) is 0 Å². The highest BCUT2D eigenvalue weighted by molar-refractivity contribution is 5.92. The van der Waals surface area contributed by atoms with Gasteiger partial charge >= 0.3 is 5.97 Å². The molecule has 0 unspecified atom stereocenters. The maximum Gasteiger partial charge on any atom is 0.343 e. The standard InChI is InChI=1S/C14H10O3/c15-10-11-5-4-6-12(9-11)14(16)17-13-7-2-1-3-8-13/h1-10H. The highest BCUT2D eigenvalue weighted by Gasteiger charge is 2.08. The number of benzene rings is 2. The summed E-state index contributed by atoms with van der Waals surface area (Å²) in [5.41, 5.74) is 0.811. The summed E-state index contributed by atoms with van der Waals surface area (Å²) in [6.45, 7) is 0. The maximum absolute atomic E-state index is 11.7. The Morgan fingerprint density at radius 1 is 1.00 bits per heavy atom. The third-order valence-corrected chi connectivity index (χ3v) is 2.21. The molecule has 0 aliphatic heterocycles. The molecule has 0 atom stereocenters. The van der Waals surface area contributed by atoms with E-state index in [1.165, 1.54) is 6.07 Å². The van der Waals surface area contributed by atoms with E-state index in [1.807, 2.05) is 6.07 Å². The highest BCUT2D eigenvalue weighted by Crippen LogP contribution is 2.12. The van der Waals surface area contributed by atoms with E-state index in [0.29, 0.717) is 23.2 Å². The molecule has 0 saturated heterocycles. The topological polar surface area (TPSA) is 43.4 Å². The summed E-state index contributed by atoms with van der Waals surface area (Å²) in [5, 5.41) is 0. The monoisotopic (exact) mass is 226 g/mol. The molecular weight excluding hydrogens is 216 g/mol. The maximum atomic E-state index is 11.7. The third kappa shape index (κ3) is 2.78. The summed E-state index contributed by atoms with van der Waals surface area (Å²) < 4.78 is 5.15. The molecule has 0 aliphatic rings. The summed E-state index contributed by atoms with van der Waals surface area (Å²) in [7, 11) is 0. The van der Waals surface area contributed by atoms with Crippen molar-refractivity contribution >= 4 is 12.3 Å². The smallest absolute Gasteiger partial charge is 0.343 e. The van der Waals surface area contributed by atoms with Gasteiger partial charge < -0.3 is 4.74 Å². The fraction of sp³-hybridized carbons (Fsp3) is 0. The van der Waals surface area contributed by atoms with Crippen LogP contribution in [0.15, 0.2) is 54.6 Å². The average molecular weight is 226 g/mol. The fourth-order valence-corrected chi connectivity index (χ4v) is 1.39. The number of rotatable bonds is 3. The zero-order chi connectivity index (χ0) is 12.1. The summed E-state index contributed by atoms with van der Waals surface area (Å²) in [4.78, 5) is 22.3. The van der Waals surface area contributed by atoms with E-state index in [9.17, 15) is 9.59 Å². The Kier molecular flexibility index (Phi) is 3.31. The van der Waals surface area contributed by atoms with Crippen molar-refractivity contribution in [2.45, 2.75) is 0 Å². The lowest BCUT2D eigenvalue weighted by atomic mass is 10.1. The van der Waals surface area contributed by atoms with Gasteiger partial charge in [-0.3, -0.25) is 4.79 Å². The summed E-state index contributed by atoms with van der Waals surface area (Å²) in [6.07, 6.45) is 0.694. The van der Waals surface area contributed by atoms with Crippen LogP contribution < -0.4 is 4.74 Å². The van der Waals surface area contributed by atoms with Crippen molar-refractivity contribution in [2.75, 3.05) is 0 Å². The molecule has 17 heavy (non-hydrogen) atoms. The molecule has 0 bridgehead atoms. The average Bonchev–Trinajstić information content (AvgIpc) is 2.40. The molecule has 2 aromatic carbocycles. The van der Waals surface area contributed by atoms with Crippen molar-refractivity contribution in [2.24, 2.45) is 0 Å². The van der Waals surface area contributed by atoms with E-state index in [-0.39, 0.29) is 0 Å². The molecule has 84 valence electrons. The molecule has 2 aromatic rings. The Labute approximate surface area is 98.7 Å². The molecule has 0 fully saturated rings.